The number of allylic oxidation sites excluding steroid dienone is 2. The summed E-state index contributed by atoms with van der Waals surface area (Å²) in [6.45, 7) is 6.30. The molecule has 2 aliphatic carbocycles. The van der Waals surface area contributed by atoms with Gasteiger partial charge in [-0.1, -0.05) is 50.3 Å². The standard InChI is InChI=1S/C22H24N2O3S/c1-11(2)13-4-6-14(7-5-13)19-12(3)28-22(23-19)24-20(25)17-15-8-9-16(10-15)18(17)21(26)27/h4-9,11,15-18H,10H2,1-3H3,(H,26,27)(H,23,24,25)/t15-,16+,17-,18+/m1/s1. The van der Waals surface area contributed by atoms with E-state index in [2.05, 4.69) is 48.4 Å². The lowest BCUT2D eigenvalue weighted by Crippen LogP contribution is -2.36. The highest BCUT2D eigenvalue weighted by atomic mass is 32.1. The molecule has 6 heteroatoms. The molecule has 1 aromatic heterocycles. The Morgan fingerprint density at radius 2 is 1.79 bits per heavy atom. The van der Waals surface area contributed by atoms with E-state index in [4.69, 9.17) is 0 Å². The van der Waals surface area contributed by atoms with Crippen LogP contribution in [0.3, 0.4) is 0 Å². The highest BCUT2D eigenvalue weighted by molar-refractivity contribution is 7.16. The summed E-state index contributed by atoms with van der Waals surface area (Å²) in [5, 5.41) is 13.0. The Morgan fingerprint density at radius 3 is 2.39 bits per heavy atom. The first kappa shape index (κ1) is 18.9. The second kappa shape index (κ2) is 7.17. The molecule has 2 bridgehead atoms. The van der Waals surface area contributed by atoms with Crippen LogP contribution < -0.4 is 5.32 Å². The lowest BCUT2D eigenvalue weighted by molar-refractivity contribution is -0.146. The normalized spacial score (nSPS) is 25.4. The lowest BCUT2D eigenvalue weighted by atomic mass is 9.82. The quantitative estimate of drug-likeness (QED) is 0.718. The minimum Gasteiger partial charge on any atom is -0.481 e. The van der Waals surface area contributed by atoms with Crippen LogP contribution in [0.1, 0.15) is 36.6 Å². The molecule has 0 aliphatic heterocycles. The number of carbonyl (C=O) groups excluding carboxylic acids is 1. The van der Waals surface area contributed by atoms with E-state index in [0.717, 1.165) is 22.6 Å². The van der Waals surface area contributed by atoms with Crippen molar-refractivity contribution >= 4 is 28.3 Å². The van der Waals surface area contributed by atoms with Gasteiger partial charge in [0.1, 0.15) is 0 Å². The molecule has 0 spiro atoms. The average molecular weight is 397 g/mol. The van der Waals surface area contributed by atoms with Gasteiger partial charge < -0.3 is 10.4 Å². The van der Waals surface area contributed by atoms with Crippen molar-refractivity contribution in [1.29, 1.82) is 0 Å². The van der Waals surface area contributed by atoms with E-state index in [1.54, 1.807) is 0 Å². The van der Waals surface area contributed by atoms with E-state index < -0.39 is 17.8 Å². The summed E-state index contributed by atoms with van der Waals surface area (Å²) in [4.78, 5) is 30.1. The average Bonchev–Trinajstić information content (AvgIpc) is 3.35. The minimum atomic E-state index is -0.891. The first-order valence-corrected chi connectivity index (χ1v) is 10.5. The Bertz CT molecular complexity index is 945. The highest BCUT2D eigenvalue weighted by Crippen LogP contribution is 2.48. The van der Waals surface area contributed by atoms with Gasteiger partial charge in [0, 0.05) is 10.4 Å². The Morgan fingerprint density at radius 1 is 1.14 bits per heavy atom. The zero-order valence-electron chi connectivity index (χ0n) is 16.2. The summed E-state index contributed by atoms with van der Waals surface area (Å²) in [5.74, 6) is -1.84. The number of thiazole rings is 1. The van der Waals surface area contributed by atoms with Gasteiger partial charge in [-0.2, -0.15) is 0 Å². The number of nitrogens with one attached hydrogen (secondary N) is 1. The van der Waals surface area contributed by atoms with Crippen LogP contribution in [0, 0.1) is 30.6 Å². The number of amides is 1. The Labute approximate surface area is 168 Å². The molecule has 146 valence electrons. The number of carboxylic acid groups (broad SMARTS) is 1. The highest BCUT2D eigenvalue weighted by Gasteiger charge is 2.51. The third-order valence-electron chi connectivity index (χ3n) is 5.92. The molecule has 0 unspecified atom stereocenters. The van der Waals surface area contributed by atoms with Crippen LogP contribution in [-0.4, -0.2) is 22.0 Å². The fourth-order valence-corrected chi connectivity index (χ4v) is 5.29. The molecule has 28 heavy (non-hydrogen) atoms. The third kappa shape index (κ3) is 3.26. The van der Waals surface area contributed by atoms with Gasteiger partial charge in [0.15, 0.2) is 5.13 Å². The van der Waals surface area contributed by atoms with Gasteiger partial charge in [0.2, 0.25) is 5.91 Å². The summed E-state index contributed by atoms with van der Waals surface area (Å²) in [6, 6.07) is 8.33. The molecule has 2 aliphatic rings. The van der Waals surface area contributed by atoms with E-state index in [9.17, 15) is 14.7 Å². The van der Waals surface area contributed by atoms with Crippen molar-refractivity contribution in [2.24, 2.45) is 23.7 Å². The van der Waals surface area contributed by atoms with Gasteiger partial charge in [-0.05, 0) is 36.7 Å². The summed E-state index contributed by atoms with van der Waals surface area (Å²) in [7, 11) is 0. The molecule has 4 rings (SSSR count). The zero-order valence-corrected chi connectivity index (χ0v) is 17.0. The zero-order chi connectivity index (χ0) is 20.0. The molecule has 1 saturated carbocycles. The van der Waals surface area contributed by atoms with E-state index >= 15 is 0 Å². The van der Waals surface area contributed by atoms with Gasteiger partial charge in [-0.3, -0.25) is 9.59 Å². The summed E-state index contributed by atoms with van der Waals surface area (Å²) in [5.41, 5.74) is 3.15. The molecule has 0 radical (unpaired) electrons. The number of nitrogens with zero attached hydrogens (tertiary/aromatic N) is 1. The topological polar surface area (TPSA) is 79.3 Å². The van der Waals surface area contributed by atoms with Crippen molar-refractivity contribution in [3.05, 3.63) is 46.9 Å². The molecule has 2 aromatic rings. The Kier molecular flexibility index (Phi) is 4.83. The molecule has 1 fully saturated rings. The number of carbonyl (C=O) groups is 2. The van der Waals surface area contributed by atoms with Crippen molar-refractivity contribution < 1.29 is 14.7 Å². The Balaban J connectivity index is 1.53. The summed E-state index contributed by atoms with van der Waals surface area (Å²) >= 11 is 1.43. The van der Waals surface area contributed by atoms with Crippen LogP contribution in [0.15, 0.2) is 36.4 Å². The van der Waals surface area contributed by atoms with Crippen LogP contribution in [0.2, 0.25) is 0 Å². The second-order valence-electron chi connectivity index (χ2n) is 8.03. The number of anilines is 1. The third-order valence-corrected chi connectivity index (χ3v) is 6.81. The van der Waals surface area contributed by atoms with Gasteiger partial charge in [-0.25, -0.2) is 4.98 Å². The molecule has 1 amide bonds. The number of carboxylic acids is 1. The largest absolute Gasteiger partial charge is 0.481 e. The lowest BCUT2D eigenvalue weighted by Gasteiger charge is -2.23. The molecular formula is C22H24N2O3S. The van der Waals surface area contributed by atoms with E-state index in [1.807, 2.05) is 19.1 Å². The fourth-order valence-electron chi connectivity index (χ4n) is 4.45. The SMILES string of the molecule is Cc1sc(NC(=O)[C@H]2[C@@H](C(=O)O)[C@H]3C=C[C@@H]2C3)nc1-c1ccc(C(C)C)cc1. The number of aromatic nitrogens is 1. The van der Waals surface area contributed by atoms with Crippen LogP contribution >= 0.6 is 11.3 Å². The van der Waals surface area contributed by atoms with Crippen LogP contribution in [0.4, 0.5) is 5.13 Å². The van der Waals surface area contributed by atoms with Crippen molar-refractivity contribution in [2.75, 3.05) is 5.32 Å². The van der Waals surface area contributed by atoms with E-state index in [1.165, 1.54) is 16.9 Å². The summed E-state index contributed by atoms with van der Waals surface area (Å²) in [6.07, 6.45) is 4.68. The molecule has 1 heterocycles. The number of rotatable bonds is 5. The maximum Gasteiger partial charge on any atom is 0.307 e. The van der Waals surface area contributed by atoms with E-state index in [-0.39, 0.29) is 17.7 Å². The first-order valence-electron chi connectivity index (χ1n) is 9.65. The first-order chi connectivity index (χ1) is 13.3. The summed E-state index contributed by atoms with van der Waals surface area (Å²) < 4.78 is 0. The molecule has 2 N–H and O–H groups in total. The Hall–Kier alpha value is -2.47. The predicted molar refractivity (Wildman–Crippen MR) is 110 cm³/mol. The number of hydrogen-bond acceptors (Lipinski definition) is 4. The van der Waals surface area contributed by atoms with Crippen LogP contribution in [0.25, 0.3) is 11.3 Å². The predicted octanol–water partition coefficient (Wildman–Crippen LogP) is 4.70. The van der Waals surface area contributed by atoms with Crippen molar-refractivity contribution in [3.63, 3.8) is 0 Å². The second-order valence-corrected chi connectivity index (χ2v) is 9.23. The maximum absolute atomic E-state index is 12.9. The molecule has 5 nitrogen and oxygen atoms in total. The van der Waals surface area contributed by atoms with Crippen molar-refractivity contribution in [1.82, 2.24) is 4.98 Å². The minimum absolute atomic E-state index is 0.00945. The van der Waals surface area contributed by atoms with Gasteiger partial charge in [-0.15, -0.1) is 11.3 Å². The number of aryl methyl sites for hydroxylation is 1. The van der Waals surface area contributed by atoms with Crippen molar-refractivity contribution in [2.45, 2.75) is 33.1 Å². The molecule has 4 atom stereocenters. The van der Waals surface area contributed by atoms with Gasteiger partial charge in [0.05, 0.1) is 17.5 Å². The van der Waals surface area contributed by atoms with Gasteiger partial charge in [0.25, 0.3) is 0 Å². The van der Waals surface area contributed by atoms with Crippen LogP contribution in [0.5, 0.6) is 0 Å². The number of benzene rings is 1. The fraction of sp³-hybridized carbons (Fsp3) is 0.409. The molecular weight excluding hydrogens is 372 g/mol. The monoisotopic (exact) mass is 396 g/mol. The molecule has 1 aromatic carbocycles. The van der Waals surface area contributed by atoms with E-state index in [0.29, 0.717) is 11.0 Å². The maximum atomic E-state index is 12.9. The van der Waals surface area contributed by atoms with Gasteiger partial charge >= 0.3 is 5.97 Å². The number of aliphatic carboxylic acids is 1. The smallest absolute Gasteiger partial charge is 0.307 e. The number of fused-ring (bicyclic) bond motifs is 2. The van der Waals surface area contributed by atoms with Crippen LogP contribution in [-0.2, 0) is 9.59 Å². The van der Waals surface area contributed by atoms with Crippen molar-refractivity contribution in [3.8, 4) is 11.3 Å². The number of hydrogen-bond donors (Lipinski definition) is 2. The molecule has 0 saturated heterocycles.